The molecule has 17 heavy (non-hydrogen) atoms. The standard InChI is InChI=1S/C15H23NO/c1-6-16-14(10(2)3)15(17)13-8-7-11(4)9-12(13)5/h7-10,14,16H,6H2,1-5H3. The third-order valence-corrected chi connectivity index (χ3v) is 3.02. The number of ketones is 1. The number of carbonyl (C=O) groups excluding carboxylic acids is 1. The topological polar surface area (TPSA) is 29.1 Å². The first-order valence-electron chi connectivity index (χ1n) is 6.32. The van der Waals surface area contributed by atoms with Gasteiger partial charge in [0.25, 0.3) is 0 Å². The molecule has 0 saturated heterocycles. The van der Waals surface area contributed by atoms with Gasteiger partial charge >= 0.3 is 0 Å². The lowest BCUT2D eigenvalue weighted by Gasteiger charge is -2.21. The predicted octanol–water partition coefficient (Wildman–Crippen LogP) is 3.12. The molecule has 0 aliphatic carbocycles. The van der Waals surface area contributed by atoms with Crippen molar-refractivity contribution < 1.29 is 4.79 Å². The van der Waals surface area contributed by atoms with Gasteiger partial charge in [0.2, 0.25) is 0 Å². The van der Waals surface area contributed by atoms with Gasteiger partial charge in [0.15, 0.2) is 5.78 Å². The van der Waals surface area contributed by atoms with Crippen LogP contribution in [0.5, 0.6) is 0 Å². The molecule has 2 nitrogen and oxygen atoms in total. The first-order chi connectivity index (χ1) is 7.97. The first kappa shape index (κ1) is 13.9. The van der Waals surface area contributed by atoms with Crippen LogP contribution in [0.2, 0.25) is 0 Å². The summed E-state index contributed by atoms with van der Waals surface area (Å²) in [7, 11) is 0. The minimum atomic E-state index is -0.0820. The van der Waals surface area contributed by atoms with Crippen LogP contribution >= 0.6 is 0 Å². The first-order valence-corrected chi connectivity index (χ1v) is 6.32. The van der Waals surface area contributed by atoms with E-state index in [2.05, 4.69) is 25.2 Å². The number of carbonyl (C=O) groups is 1. The molecule has 0 heterocycles. The van der Waals surface area contributed by atoms with Gasteiger partial charge in [-0.05, 0) is 31.9 Å². The summed E-state index contributed by atoms with van der Waals surface area (Å²) in [4.78, 5) is 12.4. The molecule has 0 saturated carbocycles. The van der Waals surface area contributed by atoms with Gasteiger partial charge in [-0.15, -0.1) is 0 Å². The van der Waals surface area contributed by atoms with Crippen LogP contribution in [0.15, 0.2) is 18.2 Å². The Morgan fingerprint density at radius 2 is 1.94 bits per heavy atom. The molecule has 1 unspecified atom stereocenters. The normalized spacial score (nSPS) is 12.8. The number of nitrogens with one attached hydrogen (secondary N) is 1. The van der Waals surface area contributed by atoms with Crippen molar-refractivity contribution in [2.75, 3.05) is 6.54 Å². The van der Waals surface area contributed by atoms with E-state index in [0.717, 1.165) is 17.7 Å². The molecule has 0 spiro atoms. The van der Waals surface area contributed by atoms with Crippen molar-refractivity contribution in [2.24, 2.45) is 5.92 Å². The van der Waals surface area contributed by atoms with Crippen molar-refractivity contribution in [3.63, 3.8) is 0 Å². The molecule has 0 radical (unpaired) electrons. The van der Waals surface area contributed by atoms with Gasteiger partial charge in [-0.25, -0.2) is 0 Å². The van der Waals surface area contributed by atoms with Gasteiger partial charge in [0.1, 0.15) is 0 Å². The van der Waals surface area contributed by atoms with E-state index >= 15 is 0 Å². The fourth-order valence-corrected chi connectivity index (χ4v) is 2.11. The molecule has 0 amide bonds. The Morgan fingerprint density at radius 3 is 2.41 bits per heavy atom. The van der Waals surface area contributed by atoms with Gasteiger partial charge in [-0.2, -0.15) is 0 Å². The van der Waals surface area contributed by atoms with Crippen molar-refractivity contribution in [3.05, 3.63) is 34.9 Å². The highest BCUT2D eigenvalue weighted by Crippen LogP contribution is 2.16. The second-order valence-electron chi connectivity index (χ2n) is 4.96. The highest BCUT2D eigenvalue weighted by molar-refractivity contribution is 6.01. The van der Waals surface area contributed by atoms with E-state index in [-0.39, 0.29) is 11.8 Å². The second-order valence-corrected chi connectivity index (χ2v) is 4.96. The third-order valence-electron chi connectivity index (χ3n) is 3.02. The Hall–Kier alpha value is -1.15. The Morgan fingerprint density at radius 1 is 1.29 bits per heavy atom. The van der Waals surface area contributed by atoms with Crippen molar-refractivity contribution in [1.29, 1.82) is 0 Å². The van der Waals surface area contributed by atoms with Gasteiger partial charge in [-0.3, -0.25) is 4.79 Å². The van der Waals surface area contributed by atoms with E-state index < -0.39 is 0 Å². The minimum absolute atomic E-state index is 0.0820. The van der Waals surface area contributed by atoms with Crippen molar-refractivity contribution in [2.45, 2.75) is 40.7 Å². The molecule has 94 valence electrons. The van der Waals surface area contributed by atoms with Gasteiger partial charge in [0.05, 0.1) is 6.04 Å². The summed E-state index contributed by atoms with van der Waals surface area (Å²) in [6, 6.07) is 5.93. The largest absolute Gasteiger partial charge is 0.307 e. The molecule has 1 N–H and O–H groups in total. The number of rotatable bonds is 5. The van der Waals surface area contributed by atoms with Crippen molar-refractivity contribution in [3.8, 4) is 0 Å². The van der Waals surface area contributed by atoms with Crippen LogP contribution in [0.25, 0.3) is 0 Å². The average Bonchev–Trinajstić information content (AvgIpc) is 2.24. The molecule has 0 aromatic heterocycles. The average molecular weight is 233 g/mol. The lowest BCUT2D eigenvalue weighted by Crippen LogP contribution is -2.41. The molecule has 0 aliphatic heterocycles. The molecule has 1 aromatic carbocycles. The molecule has 2 heteroatoms. The zero-order chi connectivity index (χ0) is 13.0. The maximum Gasteiger partial charge on any atom is 0.180 e. The fraction of sp³-hybridized carbons (Fsp3) is 0.533. The maximum atomic E-state index is 12.4. The van der Waals surface area contributed by atoms with E-state index in [1.165, 1.54) is 5.56 Å². The number of aryl methyl sites for hydroxylation is 2. The zero-order valence-electron chi connectivity index (χ0n) is 11.5. The quantitative estimate of drug-likeness (QED) is 0.792. The monoisotopic (exact) mass is 233 g/mol. The van der Waals surface area contributed by atoms with Crippen molar-refractivity contribution >= 4 is 5.78 Å². The van der Waals surface area contributed by atoms with E-state index in [4.69, 9.17) is 0 Å². The molecule has 1 rings (SSSR count). The van der Waals surface area contributed by atoms with E-state index in [1.807, 2.05) is 32.9 Å². The molecule has 0 fully saturated rings. The second kappa shape index (κ2) is 5.97. The minimum Gasteiger partial charge on any atom is -0.307 e. The fourth-order valence-electron chi connectivity index (χ4n) is 2.11. The zero-order valence-corrected chi connectivity index (χ0v) is 11.5. The number of hydrogen-bond acceptors (Lipinski definition) is 2. The van der Waals surface area contributed by atoms with Gasteiger partial charge in [-0.1, -0.05) is 44.5 Å². The van der Waals surface area contributed by atoms with Crippen LogP contribution in [0, 0.1) is 19.8 Å². The molecular formula is C15H23NO. The molecule has 1 atom stereocenters. The molecule has 0 aliphatic rings. The lowest BCUT2D eigenvalue weighted by atomic mass is 9.92. The summed E-state index contributed by atoms with van der Waals surface area (Å²) < 4.78 is 0. The highest BCUT2D eigenvalue weighted by atomic mass is 16.1. The van der Waals surface area contributed by atoms with Gasteiger partial charge in [0, 0.05) is 5.56 Å². The van der Waals surface area contributed by atoms with Crippen LogP contribution in [-0.2, 0) is 0 Å². The van der Waals surface area contributed by atoms with Crippen molar-refractivity contribution in [1.82, 2.24) is 5.32 Å². The van der Waals surface area contributed by atoms with Crippen LogP contribution in [0.3, 0.4) is 0 Å². The number of hydrogen-bond donors (Lipinski definition) is 1. The lowest BCUT2D eigenvalue weighted by molar-refractivity contribution is 0.0917. The smallest absolute Gasteiger partial charge is 0.180 e. The van der Waals surface area contributed by atoms with Gasteiger partial charge < -0.3 is 5.32 Å². The molecule has 0 bridgehead atoms. The number of likely N-dealkylation sites (N-methyl/N-ethyl adjacent to an activating group) is 1. The molecule has 1 aromatic rings. The summed E-state index contributed by atoms with van der Waals surface area (Å²) >= 11 is 0. The van der Waals surface area contributed by atoms with E-state index in [0.29, 0.717) is 5.92 Å². The van der Waals surface area contributed by atoms with Crippen LogP contribution < -0.4 is 5.32 Å². The van der Waals surface area contributed by atoms with Crippen LogP contribution in [0.1, 0.15) is 42.3 Å². The summed E-state index contributed by atoms with van der Waals surface area (Å²) in [5.41, 5.74) is 3.11. The summed E-state index contributed by atoms with van der Waals surface area (Å²) in [5.74, 6) is 0.516. The van der Waals surface area contributed by atoms with E-state index in [9.17, 15) is 4.79 Å². The number of Topliss-reactive ketones (excluding diaryl/α,β-unsaturated/α-hetero) is 1. The molecular weight excluding hydrogens is 210 g/mol. The Kier molecular flexibility index (Phi) is 4.88. The van der Waals surface area contributed by atoms with Crippen LogP contribution in [0.4, 0.5) is 0 Å². The summed E-state index contributed by atoms with van der Waals surface area (Å²) in [5, 5.41) is 3.27. The Bertz CT molecular complexity index is 396. The number of benzene rings is 1. The third kappa shape index (κ3) is 3.40. The Balaban J connectivity index is 3.01. The Labute approximate surface area is 104 Å². The summed E-state index contributed by atoms with van der Waals surface area (Å²) in [6.45, 7) is 11.1. The van der Waals surface area contributed by atoms with E-state index in [1.54, 1.807) is 0 Å². The maximum absolute atomic E-state index is 12.4. The summed E-state index contributed by atoms with van der Waals surface area (Å²) in [6.07, 6.45) is 0. The van der Waals surface area contributed by atoms with Crippen LogP contribution in [-0.4, -0.2) is 18.4 Å². The predicted molar refractivity (Wildman–Crippen MR) is 72.5 cm³/mol. The SMILES string of the molecule is CCNC(C(=O)c1ccc(C)cc1C)C(C)C. The highest BCUT2D eigenvalue weighted by Gasteiger charge is 2.23.